The van der Waals surface area contributed by atoms with Crippen molar-refractivity contribution in [3.63, 3.8) is 0 Å². The fourth-order valence-corrected chi connectivity index (χ4v) is 4.15. The van der Waals surface area contributed by atoms with Crippen LogP contribution in [0.2, 0.25) is 0 Å². The van der Waals surface area contributed by atoms with Gasteiger partial charge in [-0.2, -0.15) is 5.26 Å². The molecule has 1 amide bonds. The second-order valence-corrected chi connectivity index (χ2v) is 9.37. The summed E-state index contributed by atoms with van der Waals surface area (Å²) in [6, 6.07) is 13.0. The van der Waals surface area contributed by atoms with Crippen LogP contribution in [-0.2, 0) is 0 Å². The molecule has 2 aromatic carbocycles. The standard InChI is InChI=1S/C26H33N5O3/c1-18-9-7-8-10-20(18)29-25(28-17-27)30-13-14-31(23(16-30)26(2,3)4)24(32)19-11-12-21(33-5)22(15-19)34-6/h7-12,15,23H,13-14,16H2,1-6H3,(H,28,29). The van der Waals surface area contributed by atoms with Crippen LogP contribution in [0, 0.1) is 23.8 Å². The largest absolute Gasteiger partial charge is 0.493 e. The summed E-state index contributed by atoms with van der Waals surface area (Å²) in [5, 5.41) is 12.6. The summed E-state index contributed by atoms with van der Waals surface area (Å²) in [5.41, 5.74) is 2.30. The van der Waals surface area contributed by atoms with E-state index in [9.17, 15) is 10.1 Å². The molecule has 3 rings (SSSR count). The number of benzene rings is 2. The molecule has 2 aromatic rings. The van der Waals surface area contributed by atoms with E-state index in [1.807, 2.05) is 47.2 Å². The van der Waals surface area contributed by atoms with Crippen molar-refractivity contribution in [1.29, 1.82) is 5.26 Å². The highest BCUT2D eigenvalue weighted by Gasteiger charge is 2.39. The van der Waals surface area contributed by atoms with E-state index >= 15 is 0 Å². The van der Waals surface area contributed by atoms with Crippen molar-refractivity contribution in [3.8, 4) is 17.7 Å². The van der Waals surface area contributed by atoms with E-state index in [1.165, 1.54) is 0 Å². The van der Waals surface area contributed by atoms with E-state index in [0.29, 0.717) is 42.7 Å². The number of hydrogen-bond acceptors (Lipinski definition) is 5. The molecule has 0 saturated carbocycles. The first-order valence-corrected chi connectivity index (χ1v) is 11.3. The summed E-state index contributed by atoms with van der Waals surface area (Å²) >= 11 is 0. The molecule has 0 spiro atoms. The van der Waals surface area contributed by atoms with Gasteiger partial charge in [0, 0.05) is 30.9 Å². The minimum absolute atomic E-state index is 0.0637. The van der Waals surface area contributed by atoms with E-state index < -0.39 is 0 Å². The number of anilines is 1. The third kappa shape index (κ3) is 5.42. The van der Waals surface area contributed by atoms with Gasteiger partial charge in [-0.1, -0.05) is 39.0 Å². The zero-order chi connectivity index (χ0) is 24.9. The number of amides is 1. The van der Waals surface area contributed by atoms with Crippen LogP contribution in [0.5, 0.6) is 11.5 Å². The van der Waals surface area contributed by atoms with Crippen molar-refractivity contribution in [1.82, 2.24) is 9.80 Å². The number of piperazine rings is 1. The molecule has 1 aliphatic rings. The van der Waals surface area contributed by atoms with Crippen LogP contribution in [0.1, 0.15) is 36.7 Å². The van der Waals surface area contributed by atoms with Gasteiger partial charge in [-0.3, -0.25) is 4.79 Å². The Hall–Kier alpha value is -3.73. The third-order valence-corrected chi connectivity index (χ3v) is 6.12. The molecule has 0 aromatic heterocycles. The van der Waals surface area contributed by atoms with Gasteiger partial charge in [0.05, 0.1) is 20.3 Å². The monoisotopic (exact) mass is 463 g/mol. The van der Waals surface area contributed by atoms with Gasteiger partial charge >= 0.3 is 0 Å². The van der Waals surface area contributed by atoms with Crippen LogP contribution < -0.4 is 14.8 Å². The number of rotatable bonds is 4. The van der Waals surface area contributed by atoms with E-state index in [1.54, 1.807) is 32.4 Å². The summed E-state index contributed by atoms with van der Waals surface area (Å²) in [6.07, 6.45) is 1.92. The van der Waals surface area contributed by atoms with Crippen molar-refractivity contribution in [2.24, 2.45) is 10.4 Å². The van der Waals surface area contributed by atoms with E-state index in [0.717, 1.165) is 11.3 Å². The Morgan fingerprint density at radius 1 is 1.12 bits per heavy atom. The van der Waals surface area contributed by atoms with Crippen LogP contribution >= 0.6 is 0 Å². The maximum absolute atomic E-state index is 13.6. The van der Waals surface area contributed by atoms with Gasteiger partial charge in [0.25, 0.3) is 5.91 Å². The Morgan fingerprint density at radius 3 is 2.44 bits per heavy atom. The number of aliphatic imine (C=N–C) groups is 1. The minimum Gasteiger partial charge on any atom is -0.493 e. The molecular formula is C26H33N5O3. The Balaban J connectivity index is 1.87. The molecule has 34 heavy (non-hydrogen) atoms. The van der Waals surface area contributed by atoms with E-state index in [2.05, 4.69) is 31.1 Å². The fraction of sp³-hybridized carbons (Fsp3) is 0.423. The second kappa shape index (κ2) is 10.5. The molecule has 8 nitrogen and oxygen atoms in total. The number of hydrogen-bond donors (Lipinski definition) is 1. The Labute approximate surface area is 201 Å². The van der Waals surface area contributed by atoms with Crippen molar-refractivity contribution < 1.29 is 14.3 Å². The lowest BCUT2D eigenvalue weighted by molar-refractivity contribution is 0.0297. The summed E-state index contributed by atoms with van der Waals surface area (Å²) in [4.78, 5) is 21.6. The lowest BCUT2D eigenvalue weighted by Gasteiger charge is -2.47. The molecule has 1 fully saturated rings. The number of nitrogens with one attached hydrogen (secondary N) is 1. The van der Waals surface area contributed by atoms with Crippen molar-refractivity contribution in [2.75, 3.05) is 39.2 Å². The van der Waals surface area contributed by atoms with Crippen molar-refractivity contribution >= 4 is 17.6 Å². The molecule has 0 bridgehead atoms. The van der Waals surface area contributed by atoms with Crippen LogP contribution in [0.4, 0.5) is 5.69 Å². The van der Waals surface area contributed by atoms with Crippen LogP contribution in [0.15, 0.2) is 47.5 Å². The predicted octanol–water partition coefficient (Wildman–Crippen LogP) is 4.13. The molecule has 1 aliphatic heterocycles. The molecule has 1 heterocycles. The topological polar surface area (TPSA) is 90.2 Å². The summed E-state index contributed by atoms with van der Waals surface area (Å²) in [7, 11) is 3.12. The Kier molecular flexibility index (Phi) is 7.67. The quantitative estimate of drug-likeness (QED) is 0.417. The molecule has 0 radical (unpaired) electrons. The lowest BCUT2D eigenvalue weighted by Crippen LogP contribution is -2.61. The zero-order valence-electron chi connectivity index (χ0n) is 20.8. The van der Waals surface area contributed by atoms with Gasteiger partial charge in [-0.05, 0) is 42.2 Å². The zero-order valence-corrected chi connectivity index (χ0v) is 20.8. The number of methoxy groups -OCH3 is 2. The molecular weight excluding hydrogens is 430 g/mol. The molecule has 1 atom stereocenters. The van der Waals surface area contributed by atoms with Gasteiger partial charge in [-0.15, -0.1) is 4.99 Å². The molecule has 1 unspecified atom stereocenters. The predicted molar refractivity (Wildman–Crippen MR) is 133 cm³/mol. The number of aryl methyl sites for hydroxylation is 1. The highest BCUT2D eigenvalue weighted by atomic mass is 16.5. The van der Waals surface area contributed by atoms with E-state index in [-0.39, 0.29) is 17.4 Å². The van der Waals surface area contributed by atoms with Gasteiger partial charge in [0.1, 0.15) is 0 Å². The smallest absolute Gasteiger partial charge is 0.254 e. The summed E-state index contributed by atoms with van der Waals surface area (Å²) in [6.45, 7) is 9.94. The lowest BCUT2D eigenvalue weighted by atomic mass is 9.83. The number of guanidine groups is 1. The fourth-order valence-electron chi connectivity index (χ4n) is 4.15. The van der Waals surface area contributed by atoms with Gasteiger partial charge in [-0.25, -0.2) is 0 Å². The molecule has 1 N–H and O–H groups in total. The van der Waals surface area contributed by atoms with Crippen LogP contribution in [0.3, 0.4) is 0 Å². The number of carbonyl (C=O) groups excluding carboxylic acids is 1. The number of ether oxygens (including phenoxy) is 2. The molecule has 180 valence electrons. The third-order valence-electron chi connectivity index (χ3n) is 6.12. The first-order valence-electron chi connectivity index (χ1n) is 11.3. The van der Waals surface area contributed by atoms with E-state index in [4.69, 9.17) is 9.47 Å². The summed E-state index contributed by atoms with van der Waals surface area (Å²) < 4.78 is 10.7. The van der Waals surface area contributed by atoms with Crippen LogP contribution in [-0.4, -0.2) is 61.6 Å². The first-order chi connectivity index (χ1) is 16.2. The van der Waals surface area contributed by atoms with Gasteiger partial charge < -0.3 is 24.6 Å². The Bertz CT molecular complexity index is 1100. The number of nitrogens with zero attached hydrogens (tertiary/aromatic N) is 4. The average Bonchev–Trinajstić information content (AvgIpc) is 2.83. The molecule has 8 heteroatoms. The number of para-hydroxylation sites is 1. The normalized spacial score (nSPS) is 16.6. The molecule has 0 aliphatic carbocycles. The van der Waals surface area contributed by atoms with Crippen LogP contribution in [0.25, 0.3) is 0 Å². The van der Waals surface area contributed by atoms with Crippen molar-refractivity contribution in [2.45, 2.75) is 33.7 Å². The van der Waals surface area contributed by atoms with Crippen molar-refractivity contribution in [3.05, 3.63) is 53.6 Å². The second-order valence-electron chi connectivity index (χ2n) is 9.37. The first kappa shape index (κ1) is 24.9. The molecule has 1 saturated heterocycles. The average molecular weight is 464 g/mol. The number of nitriles is 1. The highest BCUT2D eigenvalue weighted by molar-refractivity contribution is 5.97. The number of carbonyl (C=O) groups is 1. The maximum atomic E-state index is 13.6. The Morgan fingerprint density at radius 2 is 1.82 bits per heavy atom. The van der Waals surface area contributed by atoms with Gasteiger partial charge in [0.15, 0.2) is 11.5 Å². The maximum Gasteiger partial charge on any atom is 0.254 e. The van der Waals surface area contributed by atoms with Gasteiger partial charge in [0.2, 0.25) is 12.2 Å². The summed E-state index contributed by atoms with van der Waals surface area (Å²) in [5.74, 6) is 1.52. The SMILES string of the molecule is COc1ccc(C(=O)N2CCN(/C(=N\C#N)Nc3ccccc3C)CC2C(C)(C)C)cc1OC. The highest BCUT2D eigenvalue weighted by Crippen LogP contribution is 2.32. The minimum atomic E-state index is -0.203.